The third-order valence-electron chi connectivity index (χ3n) is 2.66. The lowest BCUT2D eigenvalue weighted by Crippen LogP contribution is -1.97. The molecule has 2 aromatic carbocycles. The minimum Gasteiger partial charge on any atom is -0.497 e. The van der Waals surface area contributed by atoms with Gasteiger partial charge in [0.25, 0.3) is 0 Å². The number of carbonyl (C=O) groups is 1. The van der Waals surface area contributed by atoms with Crippen molar-refractivity contribution in [1.82, 2.24) is 0 Å². The fourth-order valence-electron chi connectivity index (χ4n) is 1.77. The second-order valence-electron chi connectivity index (χ2n) is 3.82. The number of ether oxygens (including phenoxy) is 1. The Morgan fingerprint density at radius 3 is 2.21 bits per heavy atom. The Labute approximate surface area is 107 Å². The normalized spacial score (nSPS) is 10.3. The maximum Gasteiger partial charge on any atom is 0.150 e. The van der Waals surface area contributed by atoms with Gasteiger partial charge in [-0.25, -0.2) is 13.2 Å². The first-order valence-corrected chi connectivity index (χ1v) is 5.35. The predicted octanol–water partition coefficient (Wildman–Crippen LogP) is 3.59. The van der Waals surface area contributed by atoms with Crippen LogP contribution in [0.2, 0.25) is 0 Å². The van der Waals surface area contributed by atoms with Crippen LogP contribution < -0.4 is 4.74 Å². The maximum atomic E-state index is 13.9. The number of hydrogen-bond donors (Lipinski definition) is 0. The average molecular weight is 266 g/mol. The number of benzene rings is 2. The Hall–Kier alpha value is -2.30. The fraction of sp³-hybridized carbons (Fsp3) is 0.0714. The van der Waals surface area contributed by atoms with Crippen molar-refractivity contribution in [3.8, 4) is 16.9 Å². The smallest absolute Gasteiger partial charge is 0.150 e. The third-order valence-corrected chi connectivity index (χ3v) is 2.66. The van der Waals surface area contributed by atoms with Crippen LogP contribution in [0.4, 0.5) is 13.2 Å². The van der Waals surface area contributed by atoms with Crippen LogP contribution in [0.5, 0.6) is 5.75 Å². The topological polar surface area (TPSA) is 26.3 Å². The number of halogens is 3. The minimum atomic E-state index is -0.925. The van der Waals surface area contributed by atoms with Crippen molar-refractivity contribution in [2.24, 2.45) is 0 Å². The quantitative estimate of drug-likeness (QED) is 0.793. The Kier molecular flexibility index (Phi) is 3.55. The molecule has 98 valence electrons. The van der Waals surface area contributed by atoms with Gasteiger partial charge in [0.15, 0.2) is 6.29 Å². The van der Waals surface area contributed by atoms with E-state index in [4.69, 9.17) is 4.74 Å². The van der Waals surface area contributed by atoms with Gasteiger partial charge in [0.05, 0.1) is 12.7 Å². The molecule has 0 unspecified atom stereocenters. The van der Waals surface area contributed by atoms with Gasteiger partial charge >= 0.3 is 0 Å². The summed E-state index contributed by atoms with van der Waals surface area (Å²) in [5, 5.41) is 0. The molecule has 0 saturated heterocycles. The SMILES string of the molecule is COc1cc(F)c(-c2cc(F)ccc2C=O)c(F)c1. The summed E-state index contributed by atoms with van der Waals surface area (Å²) >= 11 is 0. The molecule has 0 heterocycles. The average Bonchev–Trinajstić information content (AvgIpc) is 2.38. The lowest BCUT2D eigenvalue weighted by atomic mass is 9.99. The van der Waals surface area contributed by atoms with Gasteiger partial charge in [-0.3, -0.25) is 4.79 Å². The molecule has 0 fully saturated rings. The van der Waals surface area contributed by atoms with E-state index in [9.17, 15) is 18.0 Å². The van der Waals surface area contributed by atoms with Crippen molar-refractivity contribution in [2.45, 2.75) is 0 Å². The second kappa shape index (κ2) is 5.14. The van der Waals surface area contributed by atoms with Crippen LogP contribution in [0.3, 0.4) is 0 Å². The molecule has 0 amide bonds. The van der Waals surface area contributed by atoms with Crippen molar-refractivity contribution in [1.29, 1.82) is 0 Å². The van der Waals surface area contributed by atoms with Crippen molar-refractivity contribution in [3.05, 3.63) is 53.3 Å². The predicted molar refractivity (Wildman–Crippen MR) is 63.7 cm³/mol. The summed E-state index contributed by atoms with van der Waals surface area (Å²) in [6.07, 6.45) is 0.415. The molecule has 19 heavy (non-hydrogen) atoms. The van der Waals surface area contributed by atoms with E-state index in [0.717, 1.165) is 24.3 Å². The van der Waals surface area contributed by atoms with E-state index in [2.05, 4.69) is 0 Å². The molecule has 2 aromatic rings. The van der Waals surface area contributed by atoms with Crippen LogP contribution in [-0.4, -0.2) is 13.4 Å². The molecule has 0 bridgehead atoms. The van der Waals surface area contributed by atoms with Crippen molar-refractivity contribution in [2.75, 3.05) is 7.11 Å². The molecule has 2 rings (SSSR count). The highest BCUT2D eigenvalue weighted by molar-refractivity contribution is 5.88. The molecule has 0 aromatic heterocycles. The molecule has 0 spiro atoms. The highest BCUT2D eigenvalue weighted by Crippen LogP contribution is 2.31. The fourth-order valence-corrected chi connectivity index (χ4v) is 1.77. The molecule has 0 atom stereocenters. The number of carbonyl (C=O) groups excluding carboxylic acids is 1. The van der Waals surface area contributed by atoms with Gasteiger partial charge in [-0.1, -0.05) is 0 Å². The van der Waals surface area contributed by atoms with Gasteiger partial charge < -0.3 is 4.74 Å². The van der Waals surface area contributed by atoms with Crippen molar-refractivity contribution in [3.63, 3.8) is 0 Å². The van der Waals surface area contributed by atoms with Gasteiger partial charge in [0, 0.05) is 23.3 Å². The molecule has 0 aliphatic carbocycles. The Morgan fingerprint density at radius 2 is 1.68 bits per heavy atom. The lowest BCUT2D eigenvalue weighted by Gasteiger charge is -2.10. The Morgan fingerprint density at radius 1 is 1.05 bits per heavy atom. The zero-order chi connectivity index (χ0) is 14.0. The second-order valence-corrected chi connectivity index (χ2v) is 3.82. The Balaban J connectivity index is 2.71. The summed E-state index contributed by atoms with van der Waals surface area (Å²) < 4.78 is 45.7. The summed E-state index contributed by atoms with van der Waals surface area (Å²) in [6.45, 7) is 0. The van der Waals surface area contributed by atoms with Gasteiger partial charge in [0.1, 0.15) is 23.2 Å². The zero-order valence-electron chi connectivity index (χ0n) is 9.91. The lowest BCUT2D eigenvalue weighted by molar-refractivity contribution is 0.112. The summed E-state index contributed by atoms with van der Waals surface area (Å²) in [5.74, 6) is -2.53. The Bertz CT molecular complexity index is 616. The van der Waals surface area contributed by atoms with Crippen LogP contribution in [0.25, 0.3) is 11.1 Å². The van der Waals surface area contributed by atoms with E-state index < -0.39 is 23.0 Å². The first-order valence-electron chi connectivity index (χ1n) is 5.35. The van der Waals surface area contributed by atoms with Gasteiger partial charge in [-0.05, 0) is 18.2 Å². The van der Waals surface area contributed by atoms with Crippen LogP contribution in [-0.2, 0) is 0 Å². The summed E-state index contributed by atoms with van der Waals surface area (Å²) in [5.41, 5.74) is -0.584. The molecule has 0 saturated carbocycles. The number of hydrogen-bond acceptors (Lipinski definition) is 2. The minimum absolute atomic E-state index is 0.00260. The molecule has 5 heteroatoms. The zero-order valence-corrected chi connectivity index (χ0v) is 9.91. The van der Waals surface area contributed by atoms with Gasteiger partial charge in [-0.15, -0.1) is 0 Å². The number of aldehydes is 1. The first-order chi connectivity index (χ1) is 9.06. The highest BCUT2D eigenvalue weighted by Gasteiger charge is 2.17. The van der Waals surface area contributed by atoms with Crippen LogP contribution in [0, 0.1) is 17.5 Å². The molecule has 0 aliphatic heterocycles. The van der Waals surface area contributed by atoms with Crippen LogP contribution in [0.15, 0.2) is 30.3 Å². The van der Waals surface area contributed by atoms with E-state index in [1.807, 2.05) is 0 Å². The summed E-state index contributed by atoms with van der Waals surface area (Å²) in [6, 6.07) is 5.07. The standard InChI is InChI=1S/C14H9F3O2/c1-19-10-5-12(16)14(13(17)6-10)11-4-9(15)3-2-8(11)7-18/h2-7H,1H3. The first kappa shape index (κ1) is 13.1. The van der Waals surface area contributed by atoms with Crippen LogP contribution in [0.1, 0.15) is 10.4 Å². The third kappa shape index (κ3) is 2.45. The van der Waals surface area contributed by atoms with Gasteiger partial charge in [-0.2, -0.15) is 0 Å². The molecule has 0 N–H and O–H groups in total. The van der Waals surface area contributed by atoms with Crippen molar-refractivity contribution < 1.29 is 22.7 Å². The monoisotopic (exact) mass is 266 g/mol. The van der Waals surface area contributed by atoms with Crippen LogP contribution >= 0.6 is 0 Å². The molecule has 0 aliphatic rings. The molecular weight excluding hydrogens is 257 g/mol. The molecule has 0 radical (unpaired) electrons. The van der Waals surface area contributed by atoms with E-state index in [-0.39, 0.29) is 16.9 Å². The van der Waals surface area contributed by atoms with Crippen molar-refractivity contribution >= 4 is 6.29 Å². The van der Waals surface area contributed by atoms with Gasteiger partial charge in [0.2, 0.25) is 0 Å². The van der Waals surface area contributed by atoms with E-state index in [1.54, 1.807) is 0 Å². The largest absolute Gasteiger partial charge is 0.497 e. The number of rotatable bonds is 3. The summed E-state index contributed by atoms with van der Waals surface area (Å²) in [4.78, 5) is 10.9. The molecule has 2 nitrogen and oxygen atoms in total. The van der Waals surface area contributed by atoms with E-state index >= 15 is 0 Å². The summed E-state index contributed by atoms with van der Waals surface area (Å²) in [7, 11) is 1.27. The number of methoxy groups -OCH3 is 1. The maximum absolute atomic E-state index is 13.9. The molecular formula is C14H9F3O2. The van der Waals surface area contributed by atoms with E-state index in [1.165, 1.54) is 13.2 Å². The van der Waals surface area contributed by atoms with E-state index in [0.29, 0.717) is 6.29 Å². The highest BCUT2D eigenvalue weighted by atomic mass is 19.1.